The molecule has 0 heterocycles. The molecule has 0 aliphatic carbocycles. The highest BCUT2D eigenvalue weighted by Crippen LogP contribution is 2.54. The summed E-state index contributed by atoms with van der Waals surface area (Å²) < 4.78 is 28.4. The average molecular weight is 1830 g/mol. The van der Waals surface area contributed by atoms with Crippen LogP contribution in [0.2, 0.25) is 0 Å². The SMILES string of the molecule is CC(C)c1ccc(N(c2ccc(F)cc2)c2ccc3ccc4c(N(c5ccc(F)cc5)c5ccc(C(C)C)cc5)ccc5ccc2c3c54)cc1.[C-]#[N+]c1cccc(N(c2ccccc2)c2ccc3ccc4c(N(c5ccccc5)c5cccc(C#N)c5)ccc5ccc2c3c54)c1.[C-]#[N+]c1ccccc1N(c1ccccc1)c1ccc2ccc3c(N(c4ccccc4)c4ccccc4C#N)ccc4ccc1c2c43. The monoisotopic (exact) mass is 1830 g/mol. The zero-order chi connectivity index (χ0) is 96.6. The van der Waals surface area contributed by atoms with E-state index in [1.165, 1.54) is 56.9 Å². The Morgan fingerprint density at radius 3 is 0.824 bits per heavy atom. The van der Waals surface area contributed by atoms with Crippen LogP contribution in [0.5, 0.6) is 0 Å². The van der Waals surface area contributed by atoms with E-state index in [0.29, 0.717) is 34.3 Å². The van der Waals surface area contributed by atoms with Crippen LogP contribution >= 0.6 is 0 Å². The van der Waals surface area contributed by atoms with Gasteiger partial charge in [0.1, 0.15) is 17.7 Å². The van der Waals surface area contributed by atoms with Gasteiger partial charge in [0, 0.05) is 89.2 Å². The molecule has 0 radical (unpaired) electrons. The summed E-state index contributed by atoms with van der Waals surface area (Å²) in [4.78, 5) is 20.9. The fourth-order valence-corrected chi connectivity index (χ4v) is 20.4. The molecule has 24 rings (SSSR count). The van der Waals surface area contributed by atoms with E-state index in [4.69, 9.17) is 13.1 Å². The molecule has 674 valence electrons. The van der Waals surface area contributed by atoms with Gasteiger partial charge in [0.05, 0.1) is 75.8 Å². The average Bonchev–Trinajstić information content (AvgIpc) is 0.728. The van der Waals surface area contributed by atoms with Crippen LogP contribution in [0.25, 0.3) is 107 Å². The summed E-state index contributed by atoms with van der Waals surface area (Å²) in [6, 6.07) is 160. The maximum atomic E-state index is 14.2. The number of nitrogens with zero attached hydrogens (tertiary/aromatic N) is 10. The molecule has 0 saturated heterocycles. The molecule has 0 N–H and O–H groups in total. The van der Waals surface area contributed by atoms with Gasteiger partial charge in [0.25, 0.3) is 0 Å². The van der Waals surface area contributed by atoms with E-state index in [2.05, 4.69) is 334 Å². The van der Waals surface area contributed by atoms with Crippen LogP contribution in [0.1, 0.15) is 61.8 Å². The molecule has 142 heavy (non-hydrogen) atoms. The second-order valence-corrected chi connectivity index (χ2v) is 36.1. The molecular weight excluding hydrogens is 1740 g/mol. The van der Waals surface area contributed by atoms with Crippen molar-refractivity contribution in [2.24, 2.45) is 0 Å². The van der Waals surface area contributed by atoms with E-state index in [-0.39, 0.29) is 11.6 Å². The van der Waals surface area contributed by atoms with Gasteiger partial charge in [-0.1, -0.05) is 282 Å². The molecule has 0 fully saturated rings. The lowest BCUT2D eigenvalue weighted by molar-refractivity contribution is 0.627. The molecular formula is C130H90F2N10. The summed E-state index contributed by atoms with van der Waals surface area (Å²) >= 11 is 0. The third-order valence-corrected chi connectivity index (χ3v) is 27.1. The second kappa shape index (κ2) is 37.9. The molecule has 12 heteroatoms. The number of nitriles is 2. The van der Waals surface area contributed by atoms with Crippen LogP contribution in [-0.2, 0) is 0 Å². The zero-order valence-electron chi connectivity index (χ0n) is 78.3. The van der Waals surface area contributed by atoms with Crippen LogP contribution in [0.15, 0.2) is 461 Å². The summed E-state index contributed by atoms with van der Waals surface area (Å²) in [6.45, 7) is 24.4. The van der Waals surface area contributed by atoms with E-state index in [1.807, 2.05) is 182 Å². The maximum absolute atomic E-state index is 14.2. The largest absolute Gasteiger partial charge is 0.320 e. The maximum Gasteiger partial charge on any atom is 0.210 e. The molecule has 0 unspecified atom stereocenters. The minimum Gasteiger partial charge on any atom is -0.320 e. The van der Waals surface area contributed by atoms with Crippen molar-refractivity contribution in [2.45, 2.75) is 39.5 Å². The zero-order valence-corrected chi connectivity index (χ0v) is 78.3. The van der Waals surface area contributed by atoms with E-state index < -0.39 is 0 Å². The standard InChI is InChI=1S/C46H38F2N2.2C42H26N4/c1-29(2)31-5-17-37(18-6-31)49(39-21-13-35(47)14-22-39)43-27-11-33-10-26-42-44(28-12-34-9-25-41(43)45(33)46(34)42)50(40-23-15-36(48)16-24-40)38-19-7-32(8-20-38)30(3)4;1-44-36-17-9-11-19-40(36)46(33-15-6-3-7-16-33)39-27-23-30-20-24-34-38(26-22-29-21-25-35(39)42(30)41(29)34)45(32-13-4-2-5-14-32)37-18-10-8-12-31(37)28-43;1-44-32-11-9-17-36(27-32)46(34-14-6-3-7-15-34)40-25-21-31-18-22-37-39(24-20-30-19-23-38(40)42(31)41(30)37)45(33-12-4-2-5-13-33)35-16-8-10-29(26-35)28-43/h5-30H,1-4H3;2*2-27H. The van der Waals surface area contributed by atoms with E-state index in [1.54, 1.807) is 0 Å². The molecule has 0 spiro atoms. The number of benzene rings is 24. The minimum atomic E-state index is -0.267. The molecule has 24 aromatic carbocycles. The summed E-state index contributed by atoms with van der Waals surface area (Å²) in [7, 11) is 0. The third kappa shape index (κ3) is 16.3. The first-order valence-corrected chi connectivity index (χ1v) is 47.5. The van der Waals surface area contributed by atoms with Gasteiger partial charge in [-0.25, -0.2) is 18.5 Å². The van der Waals surface area contributed by atoms with Crippen LogP contribution in [-0.4, -0.2) is 0 Å². The Hall–Kier alpha value is -19.0. The number of rotatable bonds is 20. The molecule has 0 aromatic heterocycles. The number of hydrogen-bond donors (Lipinski definition) is 0. The molecule has 0 atom stereocenters. The number of para-hydroxylation sites is 7. The fraction of sp³-hybridized carbons (Fsp3) is 0.0462. The molecule has 24 aromatic rings. The summed E-state index contributed by atoms with van der Waals surface area (Å²) in [5.41, 5.74) is 22.4. The molecule has 0 saturated carbocycles. The Bertz CT molecular complexity index is 8480. The van der Waals surface area contributed by atoms with Crippen molar-refractivity contribution in [1.29, 1.82) is 10.5 Å². The van der Waals surface area contributed by atoms with Gasteiger partial charge < -0.3 is 29.4 Å². The van der Waals surface area contributed by atoms with Crippen LogP contribution in [0.4, 0.5) is 123 Å². The number of hydrogen-bond acceptors (Lipinski definition) is 8. The van der Waals surface area contributed by atoms with Crippen molar-refractivity contribution in [3.05, 3.63) is 518 Å². The smallest absolute Gasteiger partial charge is 0.210 e. The van der Waals surface area contributed by atoms with Gasteiger partial charge in [0.2, 0.25) is 5.69 Å². The number of halogens is 2. The summed E-state index contributed by atoms with van der Waals surface area (Å²) in [5.74, 6) is 0.289. The van der Waals surface area contributed by atoms with E-state index in [0.717, 1.165) is 178 Å². The first kappa shape index (κ1) is 88.3. The van der Waals surface area contributed by atoms with Gasteiger partial charge in [-0.3, -0.25) is 0 Å². The van der Waals surface area contributed by atoms with Crippen molar-refractivity contribution in [3.63, 3.8) is 0 Å². The number of anilines is 18. The lowest BCUT2D eigenvalue weighted by Crippen LogP contribution is -2.12. The topological polar surface area (TPSA) is 75.7 Å². The van der Waals surface area contributed by atoms with Gasteiger partial charge in [0.15, 0.2) is 5.69 Å². The van der Waals surface area contributed by atoms with Gasteiger partial charge in [-0.15, -0.1) is 0 Å². The molecule has 0 amide bonds. The highest BCUT2D eigenvalue weighted by Gasteiger charge is 2.29. The highest BCUT2D eigenvalue weighted by molar-refractivity contribution is 6.31. The molecule has 0 aliphatic heterocycles. The highest BCUT2D eigenvalue weighted by atomic mass is 19.1. The Morgan fingerprint density at radius 2 is 0.493 bits per heavy atom. The van der Waals surface area contributed by atoms with Crippen LogP contribution in [0.3, 0.4) is 0 Å². The molecule has 0 bridgehead atoms. The Balaban J connectivity index is 0.000000122. The fourth-order valence-electron chi connectivity index (χ4n) is 20.4. The van der Waals surface area contributed by atoms with Gasteiger partial charge in [-0.2, -0.15) is 10.5 Å². The first-order chi connectivity index (χ1) is 69.8. The predicted octanol–water partition coefficient (Wildman–Crippen LogP) is 37.9. The summed E-state index contributed by atoms with van der Waals surface area (Å²) in [6.07, 6.45) is 0. The van der Waals surface area contributed by atoms with Gasteiger partial charge >= 0.3 is 0 Å². The minimum absolute atomic E-state index is 0.267. The lowest BCUT2D eigenvalue weighted by atomic mass is 9.91. The molecule has 0 aliphatic rings. The second-order valence-electron chi connectivity index (χ2n) is 36.1. The normalized spacial score (nSPS) is 11.3. The summed E-state index contributed by atoms with van der Waals surface area (Å²) in [5, 5.41) is 40.4. The lowest BCUT2D eigenvalue weighted by Gasteiger charge is -2.30. The van der Waals surface area contributed by atoms with Crippen molar-refractivity contribution < 1.29 is 8.78 Å². The van der Waals surface area contributed by atoms with Crippen molar-refractivity contribution in [3.8, 4) is 12.1 Å². The van der Waals surface area contributed by atoms with Crippen LogP contribution in [0, 0.1) is 47.4 Å². The van der Waals surface area contributed by atoms with Crippen LogP contribution < -0.4 is 29.4 Å². The van der Waals surface area contributed by atoms with Crippen molar-refractivity contribution in [2.75, 3.05) is 29.4 Å². The van der Waals surface area contributed by atoms with Gasteiger partial charge in [-0.05, 0) is 294 Å². The van der Waals surface area contributed by atoms with E-state index >= 15 is 0 Å². The Morgan fingerprint density at radius 1 is 0.225 bits per heavy atom. The Labute approximate surface area is 823 Å². The Kier molecular flexibility index (Phi) is 23.6. The molecule has 10 nitrogen and oxygen atoms in total. The first-order valence-electron chi connectivity index (χ1n) is 47.5. The third-order valence-electron chi connectivity index (χ3n) is 27.1. The quantitative estimate of drug-likeness (QED) is 0.0552. The van der Waals surface area contributed by atoms with E-state index in [9.17, 15) is 19.3 Å². The van der Waals surface area contributed by atoms with Crippen molar-refractivity contribution >= 4 is 211 Å². The predicted molar refractivity (Wildman–Crippen MR) is 589 cm³/mol. The van der Waals surface area contributed by atoms with Crippen molar-refractivity contribution in [1.82, 2.24) is 0 Å².